The molecule has 0 amide bonds. The molecule has 0 saturated heterocycles. The van der Waals surface area contributed by atoms with E-state index in [0.717, 1.165) is 11.3 Å². The molecule has 0 aliphatic heterocycles. The number of hydrogen-bond donors (Lipinski definition) is 0. The monoisotopic (exact) mass is 305 g/mol. The van der Waals surface area contributed by atoms with Crippen molar-refractivity contribution in [2.75, 3.05) is 25.3 Å². The van der Waals surface area contributed by atoms with Crippen LogP contribution < -0.4 is 4.74 Å². The van der Waals surface area contributed by atoms with Gasteiger partial charge in [0.15, 0.2) is 0 Å². The molecule has 0 bridgehead atoms. The van der Waals surface area contributed by atoms with E-state index in [1.165, 1.54) is 4.31 Å². The van der Waals surface area contributed by atoms with Crippen LogP contribution in [0.25, 0.3) is 0 Å². The van der Waals surface area contributed by atoms with Crippen molar-refractivity contribution in [2.45, 2.75) is 19.9 Å². The number of ether oxygens (including phenoxy) is 1. The van der Waals surface area contributed by atoms with E-state index in [-0.39, 0.29) is 5.75 Å². The number of nitrogens with zero attached hydrogens (tertiary/aromatic N) is 1. The Kier molecular flexibility index (Phi) is 6.62. The first kappa shape index (κ1) is 16.3. The SMILES string of the molecule is CCN(Cc1ccc(OC)cc1)S(=O)(=O)CCCCl. The predicted molar refractivity (Wildman–Crippen MR) is 78.2 cm³/mol. The highest BCUT2D eigenvalue weighted by Gasteiger charge is 2.19. The third-order valence-corrected chi connectivity index (χ3v) is 5.05. The fourth-order valence-electron chi connectivity index (χ4n) is 1.71. The summed E-state index contributed by atoms with van der Waals surface area (Å²) < 4.78 is 30.7. The number of hydrogen-bond acceptors (Lipinski definition) is 3. The van der Waals surface area contributed by atoms with E-state index in [1.54, 1.807) is 7.11 Å². The highest BCUT2D eigenvalue weighted by molar-refractivity contribution is 7.89. The molecular weight excluding hydrogens is 286 g/mol. The molecule has 0 heterocycles. The van der Waals surface area contributed by atoms with Crippen LogP contribution in [0.3, 0.4) is 0 Å². The van der Waals surface area contributed by atoms with Crippen molar-refractivity contribution in [1.29, 1.82) is 0 Å². The maximum atomic E-state index is 12.1. The summed E-state index contributed by atoms with van der Waals surface area (Å²) in [6.07, 6.45) is 0.475. The summed E-state index contributed by atoms with van der Waals surface area (Å²) in [4.78, 5) is 0. The summed E-state index contributed by atoms with van der Waals surface area (Å²) in [6.45, 7) is 2.67. The zero-order valence-corrected chi connectivity index (χ0v) is 12.9. The minimum absolute atomic E-state index is 0.0977. The molecule has 0 aliphatic carbocycles. The van der Waals surface area contributed by atoms with Gasteiger partial charge in [0.05, 0.1) is 12.9 Å². The smallest absolute Gasteiger partial charge is 0.214 e. The molecule has 0 N–H and O–H groups in total. The van der Waals surface area contributed by atoms with Crippen molar-refractivity contribution in [2.24, 2.45) is 0 Å². The highest BCUT2D eigenvalue weighted by Crippen LogP contribution is 2.15. The van der Waals surface area contributed by atoms with Gasteiger partial charge in [0.25, 0.3) is 0 Å². The molecule has 1 aromatic carbocycles. The third-order valence-electron chi connectivity index (χ3n) is 2.80. The lowest BCUT2D eigenvalue weighted by molar-refractivity contribution is 0.412. The van der Waals surface area contributed by atoms with E-state index < -0.39 is 10.0 Å². The molecule has 4 nitrogen and oxygen atoms in total. The Morgan fingerprint density at radius 1 is 1.26 bits per heavy atom. The molecule has 0 fully saturated rings. The lowest BCUT2D eigenvalue weighted by Crippen LogP contribution is -2.32. The number of rotatable bonds is 8. The van der Waals surface area contributed by atoms with Crippen LogP contribution in [0.5, 0.6) is 5.75 Å². The van der Waals surface area contributed by atoms with Gasteiger partial charge in [0.2, 0.25) is 10.0 Å². The number of alkyl halides is 1. The quantitative estimate of drug-likeness (QED) is 0.693. The summed E-state index contributed by atoms with van der Waals surface area (Å²) in [6, 6.07) is 7.40. The van der Waals surface area contributed by atoms with Crippen LogP contribution >= 0.6 is 11.6 Å². The maximum Gasteiger partial charge on any atom is 0.214 e. The van der Waals surface area contributed by atoms with Crippen molar-refractivity contribution in [3.05, 3.63) is 29.8 Å². The standard InChI is InChI=1S/C13H20ClNO3S/c1-3-15(19(16,17)10-4-9-14)11-12-5-7-13(18-2)8-6-12/h5-8H,3-4,9-11H2,1-2H3. The third kappa shape index (κ3) is 5.01. The molecular formula is C13H20ClNO3S. The van der Waals surface area contributed by atoms with Crippen LogP contribution in [0, 0.1) is 0 Å². The highest BCUT2D eigenvalue weighted by atomic mass is 35.5. The molecule has 1 aromatic rings. The Morgan fingerprint density at radius 2 is 1.89 bits per heavy atom. The van der Waals surface area contributed by atoms with Crippen molar-refractivity contribution < 1.29 is 13.2 Å². The molecule has 0 radical (unpaired) electrons. The summed E-state index contributed by atoms with van der Waals surface area (Å²) in [5, 5.41) is 0. The molecule has 0 spiro atoms. The van der Waals surface area contributed by atoms with Crippen molar-refractivity contribution >= 4 is 21.6 Å². The number of sulfonamides is 1. The first-order valence-corrected chi connectivity index (χ1v) is 8.34. The Labute approximate surface area is 120 Å². The minimum atomic E-state index is -3.23. The number of benzene rings is 1. The Morgan fingerprint density at radius 3 is 2.37 bits per heavy atom. The van der Waals surface area contributed by atoms with Gasteiger partial charge in [0, 0.05) is 19.0 Å². The summed E-state index contributed by atoms with van der Waals surface area (Å²) in [5.41, 5.74) is 0.942. The Hall–Kier alpha value is -0.780. The lowest BCUT2D eigenvalue weighted by Gasteiger charge is -2.20. The fraction of sp³-hybridized carbons (Fsp3) is 0.538. The van der Waals surface area contributed by atoms with Gasteiger partial charge in [-0.05, 0) is 24.1 Å². The second-order valence-electron chi connectivity index (χ2n) is 4.13. The molecule has 0 saturated carbocycles. The Bertz CT molecular complexity index is 473. The van der Waals surface area contributed by atoms with Gasteiger partial charge in [-0.2, -0.15) is 4.31 Å². The average Bonchev–Trinajstić information content (AvgIpc) is 2.43. The average molecular weight is 306 g/mol. The second kappa shape index (κ2) is 7.72. The summed E-state index contributed by atoms with van der Waals surface area (Å²) >= 11 is 5.55. The fourth-order valence-corrected chi connectivity index (χ4v) is 3.51. The number of methoxy groups -OCH3 is 1. The topological polar surface area (TPSA) is 46.6 Å². The van der Waals surface area contributed by atoms with Gasteiger partial charge < -0.3 is 4.74 Å². The zero-order chi connectivity index (χ0) is 14.3. The predicted octanol–water partition coefficient (Wildman–Crippen LogP) is 2.48. The van der Waals surface area contributed by atoms with Gasteiger partial charge in [-0.15, -0.1) is 11.6 Å². The van der Waals surface area contributed by atoms with E-state index in [2.05, 4.69) is 0 Å². The second-order valence-corrected chi connectivity index (χ2v) is 6.60. The van der Waals surface area contributed by atoms with Crippen molar-refractivity contribution in [3.63, 3.8) is 0 Å². The van der Waals surface area contributed by atoms with Crippen molar-refractivity contribution in [3.8, 4) is 5.75 Å². The maximum absolute atomic E-state index is 12.1. The van der Waals surface area contributed by atoms with E-state index in [9.17, 15) is 8.42 Å². The van der Waals surface area contributed by atoms with E-state index >= 15 is 0 Å². The molecule has 0 aliphatic rings. The van der Waals surface area contributed by atoms with E-state index in [1.807, 2.05) is 31.2 Å². The first-order valence-electron chi connectivity index (χ1n) is 6.20. The minimum Gasteiger partial charge on any atom is -0.497 e. The molecule has 1 rings (SSSR count). The lowest BCUT2D eigenvalue weighted by atomic mass is 10.2. The first-order chi connectivity index (χ1) is 9.03. The van der Waals surface area contributed by atoms with Gasteiger partial charge >= 0.3 is 0 Å². The normalized spacial score (nSPS) is 11.8. The molecule has 6 heteroatoms. The summed E-state index contributed by atoms with van der Waals surface area (Å²) in [7, 11) is -1.63. The van der Waals surface area contributed by atoms with E-state index in [0.29, 0.717) is 25.4 Å². The van der Waals surface area contributed by atoms with Crippen LogP contribution in [0.2, 0.25) is 0 Å². The van der Waals surface area contributed by atoms with Crippen LogP contribution in [0.4, 0.5) is 0 Å². The van der Waals surface area contributed by atoms with Crippen LogP contribution in [0.15, 0.2) is 24.3 Å². The summed E-state index contributed by atoms with van der Waals surface area (Å²) in [5.74, 6) is 1.22. The zero-order valence-electron chi connectivity index (χ0n) is 11.3. The molecule has 0 aromatic heterocycles. The van der Waals surface area contributed by atoms with Gasteiger partial charge in [0.1, 0.15) is 5.75 Å². The van der Waals surface area contributed by atoms with Crippen LogP contribution in [-0.2, 0) is 16.6 Å². The molecule has 0 atom stereocenters. The van der Waals surface area contributed by atoms with Gasteiger partial charge in [-0.25, -0.2) is 8.42 Å². The van der Waals surface area contributed by atoms with Gasteiger partial charge in [-0.3, -0.25) is 0 Å². The molecule has 108 valence electrons. The van der Waals surface area contributed by atoms with Gasteiger partial charge in [-0.1, -0.05) is 19.1 Å². The largest absolute Gasteiger partial charge is 0.497 e. The van der Waals surface area contributed by atoms with Crippen LogP contribution in [0.1, 0.15) is 18.9 Å². The number of halogens is 1. The molecule has 19 heavy (non-hydrogen) atoms. The molecule has 0 unspecified atom stereocenters. The Balaban J connectivity index is 2.75. The van der Waals surface area contributed by atoms with E-state index in [4.69, 9.17) is 16.3 Å². The van der Waals surface area contributed by atoms with Crippen LogP contribution in [-0.4, -0.2) is 38.0 Å². The van der Waals surface area contributed by atoms with Crippen molar-refractivity contribution in [1.82, 2.24) is 4.31 Å².